The normalized spacial score (nSPS) is 22.8. The van der Waals surface area contributed by atoms with Gasteiger partial charge in [0.15, 0.2) is 0 Å². The second-order valence-corrected chi connectivity index (χ2v) is 10.5. The predicted octanol–water partition coefficient (Wildman–Crippen LogP) is 3.13. The lowest BCUT2D eigenvalue weighted by atomic mass is 9.63. The highest BCUT2D eigenvalue weighted by molar-refractivity contribution is 4.89. The minimum Gasteiger partial charge on any atom is -0.391 e. The lowest BCUT2D eigenvalue weighted by Gasteiger charge is -2.50. The van der Waals surface area contributed by atoms with Crippen LogP contribution in [0.2, 0.25) is 0 Å². The molecule has 0 amide bonds. The molecule has 1 aliphatic carbocycles. The van der Waals surface area contributed by atoms with Gasteiger partial charge in [-0.05, 0) is 17.3 Å². The van der Waals surface area contributed by atoms with Crippen molar-refractivity contribution in [1.29, 1.82) is 0 Å². The van der Waals surface area contributed by atoms with E-state index in [0.29, 0.717) is 10.8 Å². The molecule has 22 heavy (non-hydrogen) atoms. The van der Waals surface area contributed by atoms with Gasteiger partial charge >= 0.3 is 0 Å². The van der Waals surface area contributed by atoms with E-state index in [4.69, 9.17) is 5.11 Å². The van der Waals surface area contributed by atoms with E-state index in [2.05, 4.69) is 55.9 Å². The molecule has 132 valence electrons. The number of aliphatic hydroxyl groups is 1. The summed E-state index contributed by atoms with van der Waals surface area (Å²) in [7, 11) is 9.30. The molecule has 0 heterocycles. The van der Waals surface area contributed by atoms with Gasteiger partial charge < -0.3 is 14.1 Å². The van der Waals surface area contributed by atoms with Crippen molar-refractivity contribution < 1.29 is 14.1 Å². The highest BCUT2D eigenvalue weighted by Crippen LogP contribution is 2.48. The molecule has 0 bridgehead atoms. The molecule has 1 rings (SSSR count). The fraction of sp³-hybridized carbons (Fsp3) is 1.00. The van der Waals surface area contributed by atoms with Crippen LogP contribution in [0.3, 0.4) is 0 Å². The molecule has 1 N–H and O–H groups in total. The molecule has 0 radical (unpaired) electrons. The van der Waals surface area contributed by atoms with E-state index in [1.54, 1.807) is 0 Å². The Morgan fingerprint density at radius 2 is 1.36 bits per heavy atom. The molecule has 1 aliphatic rings. The van der Waals surface area contributed by atoms with E-state index < -0.39 is 0 Å². The van der Waals surface area contributed by atoms with E-state index >= 15 is 0 Å². The summed E-state index contributed by atoms with van der Waals surface area (Å²) in [5, 5.41) is 9.16. The van der Waals surface area contributed by atoms with Crippen molar-refractivity contribution in [3.63, 3.8) is 0 Å². The number of likely N-dealkylation sites (N-methyl/N-ethyl adjacent to an activating group) is 1. The van der Waals surface area contributed by atoms with Gasteiger partial charge in [-0.3, -0.25) is 0 Å². The quantitative estimate of drug-likeness (QED) is 0.716. The van der Waals surface area contributed by atoms with Gasteiger partial charge in [0.25, 0.3) is 0 Å². The standard InChI is InChI=1S/C19H42N2O/c1-18(2)14-17(15-19(3,4)16-18)21(7,8)11-9-10-20(5,6)12-13-22/h17,22H,9-16H2,1-8H3/q+2. The van der Waals surface area contributed by atoms with E-state index in [1.165, 1.54) is 32.2 Å². The molecule has 0 aromatic carbocycles. The maximum atomic E-state index is 9.16. The van der Waals surface area contributed by atoms with Crippen molar-refractivity contribution in [2.75, 3.05) is 54.4 Å². The summed E-state index contributed by atoms with van der Waals surface area (Å²) < 4.78 is 2.07. The number of aliphatic hydroxyl groups excluding tert-OH is 1. The van der Waals surface area contributed by atoms with Crippen molar-refractivity contribution >= 4 is 0 Å². The first-order valence-electron chi connectivity index (χ1n) is 9.04. The van der Waals surface area contributed by atoms with E-state index in [9.17, 15) is 0 Å². The Bertz CT molecular complexity index is 342. The molecular formula is C19H42N2O+2. The third-order valence-corrected chi connectivity index (χ3v) is 5.73. The predicted molar refractivity (Wildman–Crippen MR) is 95.7 cm³/mol. The fourth-order valence-electron chi connectivity index (χ4n) is 4.75. The topological polar surface area (TPSA) is 20.2 Å². The van der Waals surface area contributed by atoms with Crippen LogP contribution in [0.4, 0.5) is 0 Å². The van der Waals surface area contributed by atoms with Crippen molar-refractivity contribution in [2.45, 2.75) is 59.4 Å². The molecule has 0 aromatic rings. The minimum absolute atomic E-state index is 0.288. The Morgan fingerprint density at radius 1 is 0.864 bits per heavy atom. The first-order valence-corrected chi connectivity index (χ1v) is 9.04. The highest BCUT2D eigenvalue weighted by atomic mass is 16.3. The van der Waals surface area contributed by atoms with Gasteiger partial charge in [0.05, 0.1) is 53.9 Å². The molecule has 3 heteroatoms. The monoisotopic (exact) mass is 314 g/mol. The maximum Gasteiger partial charge on any atom is 0.102 e. The summed E-state index contributed by atoms with van der Waals surface area (Å²) in [6.45, 7) is 13.3. The van der Waals surface area contributed by atoms with Crippen molar-refractivity contribution in [2.24, 2.45) is 10.8 Å². The minimum atomic E-state index is 0.288. The zero-order chi connectivity index (χ0) is 17.2. The van der Waals surface area contributed by atoms with Crippen LogP contribution in [0.25, 0.3) is 0 Å². The summed E-state index contributed by atoms with van der Waals surface area (Å²) in [5.74, 6) is 0. The Hall–Kier alpha value is -0.120. The van der Waals surface area contributed by atoms with Crippen molar-refractivity contribution in [1.82, 2.24) is 0 Å². The van der Waals surface area contributed by atoms with Gasteiger partial charge in [0, 0.05) is 19.3 Å². The molecular weight excluding hydrogens is 272 g/mol. The molecule has 0 aliphatic heterocycles. The number of quaternary nitrogens is 2. The van der Waals surface area contributed by atoms with Gasteiger partial charge in [-0.15, -0.1) is 0 Å². The fourth-order valence-corrected chi connectivity index (χ4v) is 4.75. The maximum absolute atomic E-state index is 9.16. The van der Waals surface area contributed by atoms with Gasteiger partial charge in [-0.1, -0.05) is 27.7 Å². The first kappa shape index (κ1) is 19.9. The van der Waals surface area contributed by atoms with Gasteiger partial charge in [-0.25, -0.2) is 0 Å². The molecule has 0 saturated heterocycles. The Morgan fingerprint density at radius 3 is 1.82 bits per heavy atom. The molecule has 1 saturated carbocycles. The average molecular weight is 315 g/mol. The number of hydrogen-bond donors (Lipinski definition) is 1. The summed E-state index contributed by atoms with van der Waals surface area (Å²) in [6.07, 6.45) is 5.27. The summed E-state index contributed by atoms with van der Waals surface area (Å²) >= 11 is 0. The molecule has 1 fully saturated rings. The van der Waals surface area contributed by atoms with Crippen LogP contribution < -0.4 is 0 Å². The van der Waals surface area contributed by atoms with Crippen LogP contribution in [0.5, 0.6) is 0 Å². The summed E-state index contributed by atoms with van der Waals surface area (Å²) in [4.78, 5) is 0. The van der Waals surface area contributed by atoms with Crippen LogP contribution in [0.1, 0.15) is 53.4 Å². The van der Waals surface area contributed by atoms with Crippen LogP contribution in [0, 0.1) is 10.8 Å². The smallest absolute Gasteiger partial charge is 0.102 e. The van der Waals surface area contributed by atoms with Crippen molar-refractivity contribution in [3.05, 3.63) is 0 Å². The molecule has 0 atom stereocenters. The van der Waals surface area contributed by atoms with Crippen LogP contribution >= 0.6 is 0 Å². The second-order valence-electron chi connectivity index (χ2n) is 10.5. The van der Waals surface area contributed by atoms with Crippen LogP contribution in [-0.4, -0.2) is 74.5 Å². The van der Waals surface area contributed by atoms with Crippen LogP contribution in [0.15, 0.2) is 0 Å². The lowest BCUT2D eigenvalue weighted by Crippen LogP contribution is -2.56. The van der Waals surface area contributed by atoms with Gasteiger partial charge in [-0.2, -0.15) is 0 Å². The molecule has 0 aromatic heterocycles. The summed E-state index contributed by atoms with van der Waals surface area (Å²) in [5.41, 5.74) is 0.933. The van der Waals surface area contributed by atoms with E-state index in [1.807, 2.05) is 0 Å². The SMILES string of the molecule is CC1(C)CC([N+](C)(C)CCC[N+](C)(C)CCO)CC(C)(C)C1. The zero-order valence-electron chi connectivity index (χ0n) is 16.6. The van der Waals surface area contributed by atoms with Gasteiger partial charge in [0.2, 0.25) is 0 Å². The first-order chi connectivity index (χ1) is 9.79. The molecule has 3 nitrogen and oxygen atoms in total. The Balaban J connectivity index is 2.62. The zero-order valence-corrected chi connectivity index (χ0v) is 16.6. The average Bonchev–Trinajstić information content (AvgIpc) is 2.23. The third-order valence-electron chi connectivity index (χ3n) is 5.73. The van der Waals surface area contributed by atoms with Crippen LogP contribution in [-0.2, 0) is 0 Å². The number of nitrogens with zero attached hydrogens (tertiary/aromatic N) is 2. The Kier molecular flexibility index (Phi) is 6.14. The summed E-state index contributed by atoms with van der Waals surface area (Å²) in [6, 6.07) is 0.771. The molecule has 0 unspecified atom stereocenters. The highest BCUT2D eigenvalue weighted by Gasteiger charge is 2.44. The molecule has 0 spiro atoms. The number of rotatable bonds is 7. The van der Waals surface area contributed by atoms with Gasteiger partial charge in [0.1, 0.15) is 6.54 Å². The Labute approximate surface area is 139 Å². The van der Waals surface area contributed by atoms with E-state index in [-0.39, 0.29) is 6.61 Å². The second kappa shape index (κ2) is 6.78. The third kappa shape index (κ3) is 6.17. The van der Waals surface area contributed by atoms with E-state index in [0.717, 1.165) is 28.1 Å². The van der Waals surface area contributed by atoms with Crippen molar-refractivity contribution in [3.8, 4) is 0 Å². The lowest BCUT2D eigenvalue weighted by molar-refractivity contribution is -0.927. The number of hydrogen-bond acceptors (Lipinski definition) is 1. The largest absolute Gasteiger partial charge is 0.391 e.